The molecule has 1 aliphatic rings. The molecule has 0 aromatic heterocycles. The molecular weight excluding hydrogens is 271 g/mol. The zero-order valence-corrected chi connectivity index (χ0v) is 12.4. The molecule has 1 aromatic rings. The van der Waals surface area contributed by atoms with E-state index in [-0.39, 0.29) is 24.1 Å². The highest BCUT2D eigenvalue weighted by Gasteiger charge is 2.19. The van der Waals surface area contributed by atoms with Gasteiger partial charge in [0.2, 0.25) is 5.91 Å². The summed E-state index contributed by atoms with van der Waals surface area (Å²) < 4.78 is 19.2. The van der Waals surface area contributed by atoms with Gasteiger partial charge < -0.3 is 15.8 Å². The van der Waals surface area contributed by atoms with Gasteiger partial charge in [-0.25, -0.2) is 4.39 Å². The zero-order valence-electron chi connectivity index (χ0n) is 12.4. The molecule has 2 rings (SSSR count). The maximum absolute atomic E-state index is 13.5. The summed E-state index contributed by atoms with van der Waals surface area (Å²) in [4.78, 5) is 11.8. The molecule has 0 aliphatic heterocycles. The number of ether oxygens (including phenoxy) is 1. The van der Waals surface area contributed by atoms with Crippen LogP contribution in [-0.4, -0.2) is 18.6 Å². The minimum absolute atomic E-state index is 0.117. The van der Waals surface area contributed by atoms with Crippen molar-refractivity contribution < 1.29 is 13.9 Å². The summed E-state index contributed by atoms with van der Waals surface area (Å²) >= 11 is 0. The van der Waals surface area contributed by atoms with Gasteiger partial charge in [0.1, 0.15) is 5.82 Å². The van der Waals surface area contributed by atoms with Gasteiger partial charge in [0, 0.05) is 5.69 Å². The fraction of sp³-hybridized carbons (Fsp3) is 0.562. The van der Waals surface area contributed by atoms with Crippen molar-refractivity contribution in [1.82, 2.24) is 0 Å². The van der Waals surface area contributed by atoms with Crippen molar-refractivity contribution in [2.24, 2.45) is 5.92 Å². The molecule has 4 nitrogen and oxygen atoms in total. The second-order valence-electron chi connectivity index (χ2n) is 5.80. The third-order valence-electron chi connectivity index (χ3n) is 3.84. The quantitative estimate of drug-likeness (QED) is 0.819. The van der Waals surface area contributed by atoms with Crippen LogP contribution in [0, 0.1) is 11.7 Å². The zero-order chi connectivity index (χ0) is 15.2. The van der Waals surface area contributed by atoms with E-state index in [9.17, 15) is 9.18 Å². The smallest absolute Gasteiger partial charge is 0.226 e. The lowest BCUT2D eigenvalue weighted by Crippen LogP contribution is -2.23. The van der Waals surface area contributed by atoms with Crippen molar-refractivity contribution in [1.29, 1.82) is 0 Å². The van der Waals surface area contributed by atoms with Crippen molar-refractivity contribution in [3.8, 4) is 0 Å². The van der Waals surface area contributed by atoms with Crippen molar-refractivity contribution in [2.75, 3.05) is 17.7 Å². The number of anilines is 2. The van der Waals surface area contributed by atoms with Crippen LogP contribution in [0.1, 0.15) is 39.0 Å². The van der Waals surface area contributed by atoms with E-state index in [0.717, 1.165) is 12.8 Å². The van der Waals surface area contributed by atoms with Gasteiger partial charge in [-0.2, -0.15) is 0 Å². The van der Waals surface area contributed by atoms with Gasteiger partial charge in [-0.1, -0.05) is 19.8 Å². The lowest BCUT2D eigenvalue weighted by Gasteiger charge is -2.26. The molecule has 3 N–H and O–H groups in total. The number of halogens is 1. The van der Waals surface area contributed by atoms with Crippen LogP contribution in [0.25, 0.3) is 0 Å². The molecule has 1 amide bonds. The maximum Gasteiger partial charge on any atom is 0.226 e. The van der Waals surface area contributed by atoms with Crippen molar-refractivity contribution in [3.05, 3.63) is 24.0 Å². The minimum atomic E-state index is -0.487. The van der Waals surface area contributed by atoms with E-state index in [4.69, 9.17) is 10.5 Å². The molecule has 5 heteroatoms. The SMILES string of the molecule is CC1CCCC(OCCC(=O)Nc2cc(N)ccc2F)C1. The number of benzene rings is 1. The number of amides is 1. The monoisotopic (exact) mass is 294 g/mol. The van der Waals surface area contributed by atoms with Crippen LogP contribution in [0.3, 0.4) is 0 Å². The van der Waals surface area contributed by atoms with Crippen molar-refractivity contribution >= 4 is 17.3 Å². The van der Waals surface area contributed by atoms with E-state index in [1.165, 1.54) is 31.0 Å². The first kappa shape index (κ1) is 15.8. The molecule has 2 unspecified atom stereocenters. The molecule has 0 saturated heterocycles. The lowest BCUT2D eigenvalue weighted by atomic mass is 9.89. The Kier molecular flexibility index (Phi) is 5.56. The van der Waals surface area contributed by atoms with Crippen LogP contribution in [0.15, 0.2) is 18.2 Å². The number of nitrogen functional groups attached to an aromatic ring is 1. The van der Waals surface area contributed by atoms with Crippen LogP contribution >= 0.6 is 0 Å². The average molecular weight is 294 g/mol. The molecule has 0 bridgehead atoms. The summed E-state index contributed by atoms with van der Waals surface area (Å²) in [5, 5.41) is 2.52. The Labute approximate surface area is 124 Å². The van der Waals surface area contributed by atoms with Gasteiger partial charge in [-0.3, -0.25) is 4.79 Å². The van der Waals surface area contributed by atoms with E-state index < -0.39 is 5.82 Å². The number of hydrogen-bond acceptors (Lipinski definition) is 3. The maximum atomic E-state index is 13.5. The summed E-state index contributed by atoms with van der Waals surface area (Å²) in [7, 11) is 0. The summed E-state index contributed by atoms with van der Waals surface area (Å²) in [6, 6.07) is 4.11. The largest absolute Gasteiger partial charge is 0.399 e. The standard InChI is InChI=1S/C16H23FN2O2/c1-11-3-2-4-13(9-11)21-8-7-16(20)19-15-10-12(18)5-6-14(15)17/h5-6,10-11,13H,2-4,7-9,18H2,1H3,(H,19,20). The fourth-order valence-electron chi connectivity index (χ4n) is 2.70. The lowest BCUT2D eigenvalue weighted by molar-refractivity contribution is -0.118. The summed E-state index contributed by atoms with van der Waals surface area (Å²) in [6.45, 7) is 2.60. The van der Waals surface area contributed by atoms with Crippen LogP contribution < -0.4 is 11.1 Å². The van der Waals surface area contributed by atoms with Gasteiger partial charge >= 0.3 is 0 Å². The summed E-state index contributed by atoms with van der Waals surface area (Å²) in [6.07, 6.45) is 5.05. The molecule has 1 fully saturated rings. The van der Waals surface area contributed by atoms with E-state index >= 15 is 0 Å². The van der Waals surface area contributed by atoms with Gasteiger partial charge in [0.05, 0.1) is 24.8 Å². The average Bonchev–Trinajstić information content (AvgIpc) is 2.43. The summed E-state index contributed by atoms with van der Waals surface area (Å²) in [5.41, 5.74) is 6.10. The normalized spacial score (nSPS) is 22.0. The Hall–Kier alpha value is -1.62. The third kappa shape index (κ3) is 5.01. The number of carbonyl (C=O) groups is 1. The first-order valence-electron chi connectivity index (χ1n) is 7.51. The molecule has 1 aliphatic carbocycles. The molecule has 0 heterocycles. The predicted molar refractivity (Wildman–Crippen MR) is 81.4 cm³/mol. The molecule has 116 valence electrons. The number of nitrogens with one attached hydrogen (secondary N) is 1. The highest BCUT2D eigenvalue weighted by Crippen LogP contribution is 2.25. The predicted octanol–water partition coefficient (Wildman–Crippen LogP) is 3.33. The number of carbonyl (C=O) groups excluding carboxylic acids is 1. The van der Waals surface area contributed by atoms with Crippen LogP contribution in [-0.2, 0) is 9.53 Å². The topological polar surface area (TPSA) is 64.3 Å². The first-order chi connectivity index (χ1) is 10.0. The van der Waals surface area contributed by atoms with Gasteiger partial charge in [-0.05, 0) is 37.0 Å². The van der Waals surface area contributed by atoms with Gasteiger partial charge in [-0.15, -0.1) is 0 Å². The number of rotatable bonds is 5. The Morgan fingerprint density at radius 3 is 3.05 bits per heavy atom. The van der Waals surface area contributed by atoms with E-state index in [0.29, 0.717) is 18.2 Å². The Bertz CT molecular complexity index is 493. The van der Waals surface area contributed by atoms with Gasteiger partial charge in [0.25, 0.3) is 0 Å². The molecule has 0 radical (unpaired) electrons. The molecule has 0 spiro atoms. The molecule has 1 saturated carbocycles. The summed E-state index contributed by atoms with van der Waals surface area (Å²) in [5.74, 6) is -0.0538. The van der Waals surface area contributed by atoms with Crippen LogP contribution in [0.5, 0.6) is 0 Å². The Balaban J connectivity index is 1.73. The molecule has 1 aromatic carbocycles. The van der Waals surface area contributed by atoms with Gasteiger partial charge in [0.15, 0.2) is 0 Å². The second-order valence-corrected chi connectivity index (χ2v) is 5.80. The Morgan fingerprint density at radius 2 is 2.29 bits per heavy atom. The molecule has 21 heavy (non-hydrogen) atoms. The van der Waals surface area contributed by atoms with Crippen molar-refractivity contribution in [3.63, 3.8) is 0 Å². The molecular formula is C16H23FN2O2. The molecule has 2 atom stereocenters. The van der Waals surface area contributed by atoms with Crippen LogP contribution in [0.2, 0.25) is 0 Å². The van der Waals surface area contributed by atoms with Crippen LogP contribution in [0.4, 0.5) is 15.8 Å². The minimum Gasteiger partial charge on any atom is -0.399 e. The number of nitrogens with two attached hydrogens (primary N) is 1. The fourth-order valence-corrected chi connectivity index (χ4v) is 2.70. The van der Waals surface area contributed by atoms with E-state index in [1.54, 1.807) is 0 Å². The number of hydrogen-bond donors (Lipinski definition) is 2. The van der Waals surface area contributed by atoms with E-state index in [1.807, 2.05) is 0 Å². The second kappa shape index (κ2) is 7.41. The highest BCUT2D eigenvalue weighted by molar-refractivity contribution is 5.91. The Morgan fingerprint density at radius 1 is 1.48 bits per heavy atom. The van der Waals surface area contributed by atoms with Crippen molar-refractivity contribution in [2.45, 2.75) is 45.1 Å². The first-order valence-corrected chi connectivity index (χ1v) is 7.51. The highest BCUT2D eigenvalue weighted by atomic mass is 19.1. The third-order valence-corrected chi connectivity index (χ3v) is 3.84. The van der Waals surface area contributed by atoms with E-state index in [2.05, 4.69) is 12.2 Å².